The van der Waals surface area contributed by atoms with Gasteiger partial charge in [0.2, 0.25) is 12.7 Å². The smallest absolute Gasteiger partial charge is 0.252 e. The van der Waals surface area contributed by atoms with Crippen LogP contribution in [0.25, 0.3) is 0 Å². The lowest BCUT2D eigenvalue weighted by Crippen LogP contribution is -2.52. The Morgan fingerprint density at radius 2 is 1.87 bits per heavy atom. The van der Waals surface area contributed by atoms with Crippen molar-refractivity contribution in [3.63, 3.8) is 0 Å². The summed E-state index contributed by atoms with van der Waals surface area (Å²) in [6.45, 7) is 5.15. The summed E-state index contributed by atoms with van der Waals surface area (Å²) in [6, 6.07) is 8.90. The number of thiophene rings is 1. The van der Waals surface area contributed by atoms with Crippen LogP contribution in [-0.2, 0) is 21.4 Å². The van der Waals surface area contributed by atoms with Crippen molar-refractivity contribution < 1.29 is 22.7 Å². The lowest BCUT2D eigenvalue weighted by atomic mass is 10.2. The number of halogens is 1. The number of ether oxygens (including phenoxy) is 2. The van der Waals surface area contributed by atoms with Crippen molar-refractivity contribution in [2.24, 2.45) is 0 Å². The normalized spacial score (nSPS) is 16.8. The Morgan fingerprint density at radius 3 is 2.55 bits per heavy atom. The third-order valence-corrected chi connectivity index (χ3v) is 8.98. The molecule has 3 heterocycles. The molecule has 0 aliphatic carbocycles. The number of hydrogen-bond acceptors (Lipinski definition) is 7. The van der Waals surface area contributed by atoms with E-state index in [9.17, 15) is 13.2 Å². The van der Waals surface area contributed by atoms with E-state index in [0.29, 0.717) is 30.5 Å². The number of carbonyl (C=O) groups excluding carboxylic acids is 1. The van der Waals surface area contributed by atoms with E-state index in [1.54, 1.807) is 11.0 Å². The SMILES string of the molecule is CCN(CC(=O)N1CCN(S(=O)(=O)c2ccc(Cl)s2)CC1)Cc1ccc2c(c1)OCO2. The first-order valence-corrected chi connectivity index (χ1v) is 12.6. The van der Waals surface area contributed by atoms with Gasteiger partial charge in [-0.3, -0.25) is 9.69 Å². The average Bonchev–Trinajstić information content (AvgIpc) is 3.42. The molecule has 11 heteroatoms. The van der Waals surface area contributed by atoms with Crippen LogP contribution in [-0.4, -0.2) is 74.5 Å². The van der Waals surface area contributed by atoms with E-state index in [1.165, 1.54) is 10.4 Å². The van der Waals surface area contributed by atoms with Crippen LogP contribution in [0, 0.1) is 0 Å². The zero-order chi connectivity index (χ0) is 22.0. The monoisotopic (exact) mass is 485 g/mol. The number of carbonyl (C=O) groups is 1. The number of benzene rings is 1. The first-order valence-electron chi connectivity index (χ1n) is 10.0. The van der Waals surface area contributed by atoms with Crippen LogP contribution in [0.5, 0.6) is 11.5 Å². The van der Waals surface area contributed by atoms with E-state index < -0.39 is 10.0 Å². The third kappa shape index (κ3) is 4.98. The molecule has 1 saturated heterocycles. The van der Waals surface area contributed by atoms with Crippen molar-refractivity contribution in [1.82, 2.24) is 14.1 Å². The molecule has 2 aromatic rings. The molecular weight excluding hydrogens is 462 g/mol. The maximum Gasteiger partial charge on any atom is 0.252 e. The van der Waals surface area contributed by atoms with Gasteiger partial charge in [-0.25, -0.2) is 8.42 Å². The zero-order valence-corrected chi connectivity index (χ0v) is 19.5. The molecule has 0 spiro atoms. The fourth-order valence-corrected chi connectivity index (χ4v) is 6.67. The topological polar surface area (TPSA) is 79.4 Å². The summed E-state index contributed by atoms with van der Waals surface area (Å²) in [4.78, 5) is 16.6. The number of rotatable bonds is 7. The molecule has 31 heavy (non-hydrogen) atoms. The fraction of sp³-hybridized carbons (Fsp3) is 0.450. The minimum atomic E-state index is -3.57. The number of amides is 1. The Kier molecular flexibility index (Phi) is 6.73. The minimum Gasteiger partial charge on any atom is -0.454 e. The second-order valence-electron chi connectivity index (χ2n) is 7.33. The van der Waals surface area contributed by atoms with Crippen LogP contribution in [0.15, 0.2) is 34.5 Å². The Labute approximate surface area is 190 Å². The van der Waals surface area contributed by atoms with Gasteiger partial charge in [0.25, 0.3) is 10.0 Å². The first kappa shape index (κ1) is 22.3. The largest absolute Gasteiger partial charge is 0.454 e. The predicted octanol–water partition coefficient (Wildman–Crippen LogP) is 2.49. The van der Waals surface area contributed by atoms with E-state index in [-0.39, 0.29) is 36.5 Å². The highest BCUT2D eigenvalue weighted by Gasteiger charge is 2.31. The maximum atomic E-state index is 12.8. The average molecular weight is 486 g/mol. The number of likely N-dealkylation sites (N-methyl/N-ethyl adjacent to an activating group) is 1. The molecule has 2 aliphatic rings. The molecule has 1 fully saturated rings. The van der Waals surface area contributed by atoms with Gasteiger partial charge < -0.3 is 14.4 Å². The molecule has 0 N–H and O–H groups in total. The Bertz CT molecular complexity index is 1050. The maximum absolute atomic E-state index is 12.8. The molecule has 8 nitrogen and oxygen atoms in total. The first-order chi connectivity index (χ1) is 14.9. The molecular formula is C20H24ClN3O5S2. The molecule has 0 bridgehead atoms. The summed E-state index contributed by atoms with van der Waals surface area (Å²) in [5, 5.41) is 0. The van der Waals surface area contributed by atoms with Crippen LogP contribution in [0.1, 0.15) is 12.5 Å². The Hall–Kier alpha value is -1.85. The summed E-state index contributed by atoms with van der Waals surface area (Å²) < 4.78 is 38.3. The van der Waals surface area contributed by atoms with Gasteiger partial charge in [-0.1, -0.05) is 24.6 Å². The standard InChI is InChI=1S/C20H24ClN3O5S2/c1-2-22(12-15-3-4-16-17(11-15)29-14-28-16)13-19(25)23-7-9-24(10-8-23)31(26,27)20-6-5-18(21)30-20/h3-6,11H,2,7-10,12-14H2,1H3. The lowest BCUT2D eigenvalue weighted by molar-refractivity contribution is -0.133. The van der Waals surface area contributed by atoms with Gasteiger partial charge in [0.05, 0.1) is 10.9 Å². The van der Waals surface area contributed by atoms with Gasteiger partial charge in [0.15, 0.2) is 11.5 Å². The molecule has 168 valence electrons. The molecule has 1 amide bonds. The van der Waals surface area contributed by atoms with Crippen LogP contribution in [0.3, 0.4) is 0 Å². The highest BCUT2D eigenvalue weighted by molar-refractivity contribution is 7.91. The van der Waals surface area contributed by atoms with Gasteiger partial charge in [0.1, 0.15) is 4.21 Å². The summed E-state index contributed by atoms with van der Waals surface area (Å²) in [7, 11) is -3.57. The minimum absolute atomic E-state index is 0.00110. The molecule has 0 saturated carbocycles. The molecule has 2 aliphatic heterocycles. The number of nitrogens with zero attached hydrogens (tertiary/aromatic N) is 3. The number of hydrogen-bond donors (Lipinski definition) is 0. The highest BCUT2D eigenvalue weighted by Crippen LogP contribution is 2.33. The summed E-state index contributed by atoms with van der Waals surface area (Å²) in [6.07, 6.45) is 0. The van der Waals surface area contributed by atoms with Crippen molar-refractivity contribution in [3.05, 3.63) is 40.2 Å². The number of piperazine rings is 1. The van der Waals surface area contributed by atoms with Crippen molar-refractivity contribution in [2.45, 2.75) is 17.7 Å². The van der Waals surface area contributed by atoms with Gasteiger partial charge in [0, 0.05) is 32.7 Å². The van der Waals surface area contributed by atoms with Gasteiger partial charge >= 0.3 is 0 Å². The highest BCUT2D eigenvalue weighted by atomic mass is 35.5. The molecule has 0 radical (unpaired) electrons. The second kappa shape index (κ2) is 9.33. The summed E-state index contributed by atoms with van der Waals surface area (Å²) >= 11 is 6.93. The van der Waals surface area contributed by atoms with Crippen molar-refractivity contribution in [3.8, 4) is 11.5 Å². The van der Waals surface area contributed by atoms with Crippen LogP contribution < -0.4 is 9.47 Å². The predicted molar refractivity (Wildman–Crippen MR) is 118 cm³/mol. The molecule has 0 atom stereocenters. The van der Waals surface area contributed by atoms with E-state index in [4.69, 9.17) is 21.1 Å². The second-order valence-corrected chi connectivity index (χ2v) is 11.2. The van der Waals surface area contributed by atoms with Crippen LogP contribution in [0.4, 0.5) is 0 Å². The molecule has 1 aromatic carbocycles. The van der Waals surface area contributed by atoms with E-state index >= 15 is 0 Å². The van der Waals surface area contributed by atoms with Crippen molar-refractivity contribution in [1.29, 1.82) is 0 Å². The summed E-state index contributed by atoms with van der Waals surface area (Å²) in [5.74, 6) is 1.46. The molecule has 1 aromatic heterocycles. The van der Waals surface area contributed by atoms with Crippen LogP contribution >= 0.6 is 22.9 Å². The zero-order valence-electron chi connectivity index (χ0n) is 17.1. The Morgan fingerprint density at radius 1 is 1.13 bits per heavy atom. The van der Waals surface area contributed by atoms with Gasteiger partial charge in [-0.2, -0.15) is 4.31 Å². The lowest BCUT2D eigenvalue weighted by Gasteiger charge is -2.34. The van der Waals surface area contributed by atoms with Crippen molar-refractivity contribution in [2.75, 3.05) is 46.1 Å². The quantitative estimate of drug-likeness (QED) is 0.599. The van der Waals surface area contributed by atoms with E-state index in [1.807, 2.05) is 25.1 Å². The molecule has 4 rings (SSSR count). The fourth-order valence-electron chi connectivity index (χ4n) is 3.61. The van der Waals surface area contributed by atoms with Gasteiger partial charge in [-0.15, -0.1) is 11.3 Å². The third-order valence-electron chi connectivity index (χ3n) is 5.38. The van der Waals surface area contributed by atoms with Crippen molar-refractivity contribution >= 4 is 38.9 Å². The van der Waals surface area contributed by atoms with Gasteiger partial charge in [-0.05, 0) is 36.4 Å². The number of fused-ring (bicyclic) bond motifs is 1. The molecule has 0 unspecified atom stereocenters. The van der Waals surface area contributed by atoms with Crippen LogP contribution in [0.2, 0.25) is 4.34 Å². The Balaban J connectivity index is 1.31. The van der Waals surface area contributed by atoms with E-state index in [2.05, 4.69) is 4.90 Å². The number of sulfonamides is 1. The van der Waals surface area contributed by atoms with E-state index in [0.717, 1.165) is 28.4 Å². The summed E-state index contributed by atoms with van der Waals surface area (Å²) in [5.41, 5.74) is 1.05.